The van der Waals surface area contributed by atoms with Crippen LogP contribution in [0.15, 0.2) is 34.0 Å². The molecule has 0 spiro atoms. The molecule has 1 aromatic carbocycles. The highest BCUT2D eigenvalue weighted by atomic mass is 16.5. The molecule has 0 radical (unpaired) electrons. The molecule has 2 rings (SSSR count). The Morgan fingerprint density at radius 2 is 1.88 bits per heavy atom. The summed E-state index contributed by atoms with van der Waals surface area (Å²) in [5.41, 5.74) is 2.45. The van der Waals surface area contributed by atoms with Gasteiger partial charge in [-0.1, -0.05) is 25.1 Å². The van der Waals surface area contributed by atoms with E-state index in [2.05, 4.69) is 0 Å². The lowest BCUT2D eigenvalue weighted by Crippen LogP contribution is -2.40. The minimum atomic E-state index is -0.483. The predicted octanol–water partition coefficient (Wildman–Crippen LogP) is 2.22. The highest BCUT2D eigenvalue weighted by Crippen LogP contribution is 2.22. The van der Waals surface area contributed by atoms with Crippen LogP contribution < -0.4 is 11.2 Å². The lowest BCUT2D eigenvalue weighted by atomic mass is 9.99. The molecular weight excluding hydrogens is 308 g/mol. The Labute approximate surface area is 140 Å². The summed E-state index contributed by atoms with van der Waals surface area (Å²) in [5.74, 6) is -0.483. The number of ether oxygens (including phenoxy) is 1. The maximum atomic E-state index is 12.8. The third-order valence-electron chi connectivity index (χ3n) is 3.99. The fourth-order valence-corrected chi connectivity index (χ4v) is 2.55. The fraction of sp³-hybridized carbons (Fsp3) is 0.389. The van der Waals surface area contributed by atoms with Gasteiger partial charge < -0.3 is 4.74 Å². The van der Waals surface area contributed by atoms with E-state index in [0.29, 0.717) is 18.5 Å². The van der Waals surface area contributed by atoms with E-state index < -0.39 is 11.7 Å². The molecule has 0 aliphatic carbocycles. The quantitative estimate of drug-likeness (QED) is 0.788. The molecule has 6 heteroatoms. The van der Waals surface area contributed by atoms with Gasteiger partial charge in [0.25, 0.3) is 5.56 Å². The van der Waals surface area contributed by atoms with E-state index in [1.165, 1.54) is 22.3 Å². The predicted molar refractivity (Wildman–Crippen MR) is 91.9 cm³/mol. The largest absolute Gasteiger partial charge is 0.444 e. The number of nitrogens with zero attached hydrogens (tertiary/aromatic N) is 2. The molecule has 6 nitrogen and oxygen atoms in total. The molecule has 0 aliphatic heterocycles. The molecule has 0 aliphatic rings. The van der Waals surface area contributed by atoms with Crippen molar-refractivity contribution < 1.29 is 9.53 Å². The van der Waals surface area contributed by atoms with Crippen molar-refractivity contribution in [2.45, 2.75) is 47.4 Å². The smallest absolute Gasteiger partial charge is 0.333 e. The van der Waals surface area contributed by atoms with E-state index >= 15 is 0 Å². The molecule has 0 atom stereocenters. The Bertz CT molecular complexity index is 878. The second kappa shape index (κ2) is 7.29. The first-order valence-corrected chi connectivity index (χ1v) is 7.91. The Balaban J connectivity index is 2.71. The van der Waals surface area contributed by atoms with E-state index in [9.17, 15) is 14.4 Å². The number of esters is 1. The number of carbonyl (C=O) groups is 1. The summed E-state index contributed by atoms with van der Waals surface area (Å²) < 4.78 is 7.39. The molecule has 0 unspecified atom stereocenters. The van der Waals surface area contributed by atoms with Crippen LogP contribution in [0.4, 0.5) is 0 Å². The standard InChI is InChI=1S/C18H22N2O4/c1-5-9-20-17(22)16(15-8-6-7-12(2)13(15)3)10-19(18(20)23)11-24-14(4)21/h6-8,10H,5,9,11H2,1-4H3. The molecule has 0 saturated carbocycles. The van der Waals surface area contributed by atoms with E-state index in [4.69, 9.17) is 4.74 Å². The molecule has 1 aromatic heterocycles. The van der Waals surface area contributed by atoms with Gasteiger partial charge in [0.05, 0.1) is 5.56 Å². The summed E-state index contributed by atoms with van der Waals surface area (Å²) in [4.78, 5) is 36.3. The van der Waals surface area contributed by atoms with E-state index in [1.54, 1.807) is 0 Å². The van der Waals surface area contributed by atoms with Crippen LogP contribution in [0.25, 0.3) is 11.1 Å². The van der Waals surface area contributed by atoms with Crippen LogP contribution in [0.5, 0.6) is 0 Å². The molecule has 0 amide bonds. The molecule has 128 valence electrons. The number of aromatic nitrogens is 2. The summed E-state index contributed by atoms with van der Waals surface area (Å²) in [6.07, 6.45) is 2.13. The van der Waals surface area contributed by atoms with Gasteiger partial charge in [0.15, 0.2) is 6.73 Å². The highest BCUT2D eigenvalue weighted by molar-refractivity contribution is 5.67. The zero-order valence-electron chi connectivity index (χ0n) is 14.5. The molecular formula is C18H22N2O4. The topological polar surface area (TPSA) is 70.3 Å². The Kier molecular flexibility index (Phi) is 5.39. The van der Waals surface area contributed by atoms with Crippen molar-refractivity contribution in [3.63, 3.8) is 0 Å². The van der Waals surface area contributed by atoms with Gasteiger partial charge in [-0.25, -0.2) is 4.79 Å². The molecule has 0 bridgehead atoms. The molecule has 2 aromatic rings. The van der Waals surface area contributed by atoms with Crippen LogP contribution in [-0.4, -0.2) is 15.1 Å². The van der Waals surface area contributed by atoms with Crippen molar-refractivity contribution in [2.24, 2.45) is 0 Å². The van der Waals surface area contributed by atoms with Gasteiger partial charge in [-0.05, 0) is 37.0 Å². The normalized spacial score (nSPS) is 10.7. The number of benzene rings is 1. The van der Waals surface area contributed by atoms with Crippen LogP contribution in [0, 0.1) is 13.8 Å². The first-order valence-electron chi connectivity index (χ1n) is 7.91. The maximum absolute atomic E-state index is 12.8. The number of aryl methyl sites for hydroxylation is 1. The molecule has 0 N–H and O–H groups in total. The van der Waals surface area contributed by atoms with Crippen LogP contribution in [0.1, 0.15) is 31.4 Å². The Hall–Kier alpha value is -2.63. The van der Waals surface area contributed by atoms with Crippen molar-refractivity contribution >= 4 is 5.97 Å². The van der Waals surface area contributed by atoms with Crippen LogP contribution in [0.3, 0.4) is 0 Å². The van der Waals surface area contributed by atoms with Gasteiger partial charge in [-0.3, -0.25) is 18.7 Å². The van der Waals surface area contributed by atoms with Crippen molar-refractivity contribution in [2.75, 3.05) is 0 Å². The maximum Gasteiger partial charge on any atom is 0.333 e. The molecule has 0 fully saturated rings. The zero-order valence-corrected chi connectivity index (χ0v) is 14.5. The van der Waals surface area contributed by atoms with Gasteiger partial charge >= 0.3 is 11.7 Å². The summed E-state index contributed by atoms with van der Waals surface area (Å²) in [7, 11) is 0. The SMILES string of the molecule is CCCn1c(=O)c(-c2cccc(C)c2C)cn(COC(C)=O)c1=O. The van der Waals surface area contributed by atoms with Crippen molar-refractivity contribution in [3.8, 4) is 11.1 Å². The lowest BCUT2D eigenvalue weighted by molar-refractivity contribution is -0.144. The van der Waals surface area contributed by atoms with Crippen molar-refractivity contribution in [3.05, 3.63) is 56.4 Å². The first-order chi connectivity index (χ1) is 11.4. The second-order valence-electron chi connectivity index (χ2n) is 5.76. The fourth-order valence-electron chi connectivity index (χ4n) is 2.55. The van der Waals surface area contributed by atoms with Gasteiger partial charge in [0.1, 0.15) is 0 Å². The Morgan fingerprint density at radius 1 is 1.17 bits per heavy atom. The van der Waals surface area contributed by atoms with Gasteiger partial charge in [0.2, 0.25) is 0 Å². The van der Waals surface area contributed by atoms with Crippen LogP contribution in [0.2, 0.25) is 0 Å². The average Bonchev–Trinajstić information content (AvgIpc) is 2.53. The Morgan fingerprint density at radius 3 is 2.50 bits per heavy atom. The minimum Gasteiger partial charge on any atom is -0.444 e. The number of hydrogen-bond donors (Lipinski definition) is 0. The van der Waals surface area contributed by atoms with Gasteiger partial charge in [0, 0.05) is 19.7 Å². The summed E-state index contributed by atoms with van der Waals surface area (Å²) in [5, 5.41) is 0. The summed E-state index contributed by atoms with van der Waals surface area (Å²) in [6, 6.07) is 5.71. The van der Waals surface area contributed by atoms with Gasteiger partial charge in [-0.15, -0.1) is 0 Å². The number of hydrogen-bond acceptors (Lipinski definition) is 4. The van der Waals surface area contributed by atoms with Crippen molar-refractivity contribution in [1.82, 2.24) is 9.13 Å². The zero-order chi connectivity index (χ0) is 17.9. The highest BCUT2D eigenvalue weighted by Gasteiger charge is 2.15. The molecule has 1 heterocycles. The van der Waals surface area contributed by atoms with Crippen LogP contribution >= 0.6 is 0 Å². The monoisotopic (exact) mass is 330 g/mol. The number of rotatable bonds is 5. The van der Waals surface area contributed by atoms with E-state index in [-0.39, 0.29) is 12.3 Å². The van der Waals surface area contributed by atoms with E-state index in [1.807, 2.05) is 39.0 Å². The third-order valence-corrected chi connectivity index (χ3v) is 3.99. The van der Waals surface area contributed by atoms with E-state index in [0.717, 1.165) is 16.7 Å². The third kappa shape index (κ3) is 3.48. The van der Waals surface area contributed by atoms with Gasteiger partial charge in [-0.2, -0.15) is 0 Å². The minimum absolute atomic E-state index is 0.212. The summed E-state index contributed by atoms with van der Waals surface area (Å²) in [6.45, 7) is 7.19. The number of carbonyl (C=O) groups excluding carboxylic acids is 1. The second-order valence-corrected chi connectivity index (χ2v) is 5.76. The molecule has 24 heavy (non-hydrogen) atoms. The molecule has 0 saturated heterocycles. The summed E-state index contributed by atoms with van der Waals surface area (Å²) >= 11 is 0. The lowest BCUT2D eigenvalue weighted by Gasteiger charge is -2.14. The average molecular weight is 330 g/mol. The van der Waals surface area contributed by atoms with Crippen LogP contribution in [-0.2, 0) is 22.8 Å². The first kappa shape index (κ1) is 17.7. The van der Waals surface area contributed by atoms with Crippen molar-refractivity contribution in [1.29, 1.82) is 0 Å².